The molecule has 0 heterocycles. The normalized spacial score (nSPS) is 12.7. The first-order valence-corrected chi connectivity index (χ1v) is 27.5. The molecule has 0 aromatic rings. The molecule has 0 fully saturated rings. The van der Waals surface area contributed by atoms with Crippen LogP contribution in [0.5, 0.6) is 0 Å². The smallest absolute Gasteiger partial charge is 0.306 e. The molecule has 1 unspecified atom stereocenters. The molecule has 370 valence electrons. The largest absolute Gasteiger partial charge is 0.462 e. The SMILES string of the molecule is CC/C=C\C/C=C\C/C=C\C/C=C\CCCCCCCCCOCC(COC(=O)CCCCCCC/C=C\CCCCCCCC)OC(=O)CCCCCCC/C=C\CCCCCC. The summed E-state index contributed by atoms with van der Waals surface area (Å²) in [5.74, 6) is -0.418. The van der Waals surface area contributed by atoms with Crippen LogP contribution in [0.4, 0.5) is 0 Å². The lowest BCUT2D eigenvalue weighted by molar-refractivity contribution is -0.163. The van der Waals surface area contributed by atoms with Crippen LogP contribution in [0.25, 0.3) is 0 Å². The van der Waals surface area contributed by atoms with Crippen LogP contribution in [-0.4, -0.2) is 37.9 Å². The van der Waals surface area contributed by atoms with Gasteiger partial charge in [-0.25, -0.2) is 0 Å². The molecular formula is C59H104O5. The summed E-state index contributed by atoms with van der Waals surface area (Å²) in [6, 6.07) is 0. The molecular weight excluding hydrogens is 789 g/mol. The molecule has 64 heavy (non-hydrogen) atoms. The number of allylic oxidation sites excluding steroid dienone is 12. The van der Waals surface area contributed by atoms with Gasteiger partial charge in [0.1, 0.15) is 6.61 Å². The fraction of sp³-hybridized carbons (Fsp3) is 0.763. The van der Waals surface area contributed by atoms with Crippen molar-refractivity contribution in [3.05, 3.63) is 72.9 Å². The van der Waals surface area contributed by atoms with E-state index < -0.39 is 6.10 Å². The molecule has 0 aliphatic heterocycles. The summed E-state index contributed by atoms with van der Waals surface area (Å²) in [6.07, 6.45) is 70.6. The molecule has 0 aliphatic rings. The second-order valence-electron chi connectivity index (χ2n) is 18.1. The second-order valence-corrected chi connectivity index (χ2v) is 18.1. The number of unbranched alkanes of at least 4 members (excludes halogenated alkanes) is 27. The molecule has 0 aromatic carbocycles. The average Bonchev–Trinajstić information content (AvgIpc) is 3.30. The summed E-state index contributed by atoms with van der Waals surface area (Å²) in [4.78, 5) is 25.4. The number of ether oxygens (including phenoxy) is 3. The number of carbonyl (C=O) groups excluding carboxylic acids is 2. The third-order valence-corrected chi connectivity index (χ3v) is 11.7. The first-order chi connectivity index (χ1) is 31.6. The maximum absolute atomic E-state index is 12.8. The molecule has 0 aliphatic carbocycles. The van der Waals surface area contributed by atoms with Gasteiger partial charge in [0, 0.05) is 19.4 Å². The monoisotopic (exact) mass is 893 g/mol. The molecule has 5 heteroatoms. The van der Waals surface area contributed by atoms with Crippen LogP contribution in [0.3, 0.4) is 0 Å². The van der Waals surface area contributed by atoms with E-state index in [-0.39, 0.29) is 25.2 Å². The van der Waals surface area contributed by atoms with Crippen molar-refractivity contribution in [2.24, 2.45) is 0 Å². The number of rotatable bonds is 50. The maximum Gasteiger partial charge on any atom is 0.306 e. The van der Waals surface area contributed by atoms with E-state index in [0.29, 0.717) is 19.4 Å². The van der Waals surface area contributed by atoms with E-state index in [1.54, 1.807) is 0 Å². The van der Waals surface area contributed by atoms with Crippen molar-refractivity contribution in [2.45, 2.75) is 271 Å². The molecule has 0 spiro atoms. The highest BCUT2D eigenvalue weighted by molar-refractivity contribution is 5.70. The summed E-state index contributed by atoms with van der Waals surface area (Å²) >= 11 is 0. The summed E-state index contributed by atoms with van der Waals surface area (Å²) in [6.45, 7) is 7.67. The zero-order valence-corrected chi connectivity index (χ0v) is 42.5. The van der Waals surface area contributed by atoms with Gasteiger partial charge < -0.3 is 14.2 Å². The topological polar surface area (TPSA) is 61.8 Å². The standard InChI is InChI=1S/C59H104O5/c1-4-7-10-13-16-19-22-25-27-28-29-30-31-33-36-39-42-45-48-51-54-62-55-57(64-59(61)53-50-47-44-41-38-34-24-21-18-15-12-9-6-3)56-63-58(60)52-49-46-43-40-37-35-32-26-23-20-17-14-11-8-5-2/h7,10,16,19,21,24-27,29-30,32,57H,4-6,8-9,11-15,17-18,20,22-23,28,31,33-56H2,1-3H3/b10-7-,19-16-,24-21-,27-25-,30-29-,32-26-. The van der Waals surface area contributed by atoms with Gasteiger partial charge in [0.15, 0.2) is 6.10 Å². The summed E-state index contributed by atoms with van der Waals surface area (Å²) in [5, 5.41) is 0. The van der Waals surface area contributed by atoms with Gasteiger partial charge in [0.05, 0.1) is 6.61 Å². The van der Waals surface area contributed by atoms with Crippen LogP contribution in [0.15, 0.2) is 72.9 Å². The van der Waals surface area contributed by atoms with Gasteiger partial charge in [-0.2, -0.15) is 0 Å². The van der Waals surface area contributed by atoms with Gasteiger partial charge in [-0.15, -0.1) is 0 Å². The zero-order valence-electron chi connectivity index (χ0n) is 42.5. The Balaban J connectivity index is 4.29. The molecule has 0 aromatic heterocycles. The first kappa shape index (κ1) is 61.3. The van der Waals surface area contributed by atoms with Crippen LogP contribution in [0.2, 0.25) is 0 Å². The van der Waals surface area contributed by atoms with Crippen molar-refractivity contribution < 1.29 is 23.8 Å². The Kier molecular flexibility index (Phi) is 52.4. The lowest BCUT2D eigenvalue weighted by atomic mass is 10.1. The minimum Gasteiger partial charge on any atom is -0.462 e. The van der Waals surface area contributed by atoms with Crippen LogP contribution in [0, 0.1) is 0 Å². The minimum absolute atomic E-state index is 0.0721. The quantitative estimate of drug-likeness (QED) is 0.0346. The van der Waals surface area contributed by atoms with Crippen LogP contribution < -0.4 is 0 Å². The van der Waals surface area contributed by atoms with Gasteiger partial charge in [0.2, 0.25) is 0 Å². The molecule has 5 nitrogen and oxygen atoms in total. The van der Waals surface area contributed by atoms with Crippen LogP contribution >= 0.6 is 0 Å². The van der Waals surface area contributed by atoms with Crippen LogP contribution in [0.1, 0.15) is 265 Å². The molecule has 0 rings (SSSR count). The molecule has 0 saturated carbocycles. The van der Waals surface area contributed by atoms with Crippen LogP contribution in [-0.2, 0) is 23.8 Å². The Bertz CT molecular complexity index is 1150. The second kappa shape index (κ2) is 54.7. The van der Waals surface area contributed by atoms with E-state index in [0.717, 1.165) is 89.9 Å². The van der Waals surface area contributed by atoms with Crippen molar-refractivity contribution in [2.75, 3.05) is 19.8 Å². The van der Waals surface area contributed by atoms with E-state index in [1.165, 1.54) is 141 Å². The summed E-state index contributed by atoms with van der Waals surface area (Å²) in [5.41, 5.74) is 0. The predicted octanol–water partition coefficient (Wildman–Crippen LogP) is 18.7. The Labute approximate surface area is 397 Å². The van der Waals surface area contributed by atoms with E-state index >= 15 is 0 Å². The number of hydrogen-bond acceptors (Lipinski definition) is 5. The zero-order chi connectivity index (χ0) is 46.3. The molecule has 1 atom stereocenters. The fourth-order valence-electron chi connectivity index (χ4n) is 7.61. The summed E-state index contributed by atoms with van der Waals surface area (Å²) in [7, 11) is 0. The highest BCUT2D eigenvalue weighted by Gasteiger charge is 2.17. The van der Waals surface area contributed by atoms with Crippen molar-refractivity contribution in [1.82, 2.24) is 0 Å². The Hall–Kier alpha value is -2.66. The van der Waals surface area contributed by atoms with Gasteiger partial charge in [-0.3, -0.25) is 9.59 Å². The van der Waals surface area contributed by atoms with Crippen molar-refractivity contribution >= 4 is 11.9 Å². The Morgan fingerprint density at radius 1 is 0.359 bits per heavy atom. The van der Waals surface area contributed by atoms with Gasteiger partial charge in [-0.1, -0.05) is 216 Å². The highest BCUT2D eigenvalue weighted by Crippen LogP contribution is 2.14. The molecule has 0 bridgehead atoms. The van der Waals surface area contributed by atoms with Gasteiger partial charge in [0.25, 0.3) is 0 Å². The number of carbonyl (C=O) groups is 2. The molecule has 0 amide bonds. The van der Waals surface area contributed by atoms with E-state index in [9.17, 15) is 9.59 Å². The third kappa shape index (κ3) is 52.0. The number of esters is 2. The highest BCUT2D eigenvalue weighted by atomic mass is 16.6. The lowest BCUT2D eigenvalue weighted by Crippen LogP contribution is -2.30. The minimum atomic E-state index is -0.551. The van der Waals surface area contributed by atoms with Gasteiger partial charge >= 0.3 is 11.9 Å². The van der Waals surface area contributed by atoms with E-state index in [2.05, 4.69) is 93.7 Å². The Morgan fingerprint density at radius 2 is 0.703 bits per heavy atom. The molecule has 0 radical (unpaired) electrons. The van der Waals surface area contributed by atoms with Gasteiger partial charge in [-0.05, 0) is 109 Å². The van der Waals surface area contributed by atoms with Crippen molar-refractivity contribution in [1.29, 1.82) is 0 Å². The third-order valence-electron chi connectivity index (χ3n) is 11.7. The first-order valence-electron chi connectivity index (χ1n) is 27.5. The molecule has 0 N–H and O–H groups in total. The maximum atomic E-state index is 12.8. The number of hydrogen-bond donors (Lipinski definition) is 0. The van der Waals surface area contributed by atoms with Crippen molar-refractivity contribution in [3.8, 4) is 0 Å². The van der Waals surface area contributed by atoms with Crippen molar-refractivity contribution in [3.63, 3.8) is 0 Å². The van der Waals surface area contributed by atoms with E-state index in [4.69, 9.17) is 14.2 Å². The predicted molar refractivity (Wildman–Crippen MR) is 279 cm³/mol. The fourth-order valence-corrected chi connectivity index (χ4v) is 7.61. The van der Waals surface area contributed by atoms with E-state index in [1.807, 2.05) is 0 Å². The molecule has 0 saturated heterocycles. The lowest BCUT2D eigenvalue weighted by Gasteiger charge is -2.18. The summed E-state index contributed by atoms with van der Waals surface area (Å²) < 4.78 is 17.4. The average molecular weight is 893 g/mol. The Morgan fingerprint density at radius 3 is 1.16 bits per heavy atom.